The van der Waals surface area contributed by atoms with Gasteiger partial charge in [-0.3, -0.25) is 9.78 Å². The van der Waals surface area contributed by atoms with Crippen molar-refractivity contribution in [3.63, 3.8) is 0 Å². The van der Waals surface area contributed by atoms with Crippen molar-refractivity contribution in [2.24, 2.45) is 5.92 Å². The minimum absolute atomic E-state index is 0.00595. The Balaban J connectivity index is 1.52. The van der Waals surface area contributed by atoms with Crippen LogP contribution in [0.5, 0.6) is 5.75 Å². The third-order valence-corrected chi connectivity index (χ3v) is 4.63. The molecule has 0 saturated carbocycles. The van der Waals surface area contributed by atoms with Gasteiger partial charge in [-0.1, -0.05) is 0 Å². The molecule has 25 heavy (non-hydrogen) atoms. The lowest BCUT2D eigenvalue weighted by molar-refractivity contribution is -0.131. The summed E-state index contributed by atoms with van der Waals surface area (Å²) in [6.07, 6.45) is 3.55. The monoisotopic (exact) mass is 346 g/mol. The van der Waals surface area contributed by atoms with E-state index in [-0.39, 0.29) is 29.8 Å². The normalized spacial score (nSPS) is 15.4. The van der Waals surface area contributed by atoms with Crippen LogP contribution in [0.15, 0.2) is 36.5 Å². The maximum absolute atomic E-state index is 13.7. The summed E-state index contributed by atoms with van der Waals surface area (Å²) in [5.74, 6) is -0.494. The highest BCUT2D eigenvalue weighted by atomic mass is 19.1. The molecule has 1 N–H and O–H groups in total. The summed E-state index contributed by atoms with van der Waals surface area (Å²) in [6, 6.07) is 6.68. The Hall–Kier alpha value is -2.50. The van der Waals surface area contributed by atoms with E-state index in [2.05, 4.69) is 4.98 Å². The number of carbonyl (C=O) groups excluding carboxylic acids is 1. The zero-order valence-electron chi connectivity index (χ0n) is 13.8. The van der Waals surface area contributed by atoms with E-state index in [1.54, 1.807) is 11.0 Å². The third kappa shape index (κ3) is 4.53. The van der Waals surface area contributed by atoms with Gasteiger partial charge in [0.15, 0.2) is 0 Å². The first-order chi connectivity index (χ1) is 12.0. The molecule has 1 saturated heterocycles. The molecule has 1 aromatic heterocycles. The van der Waals surface area contributed by atoms with Crippen molar-refractivity contribution >= 4 is 5.91 Å². The number of likely N-dealkylation sites (tertiary alicyclic amines) is 1. The molecule has 132 valence electrons. The van der Waals surface area contributed by atoms with Gasteiger partial charge in [0.1, 0.15) is 17.4 Å². The van der Waals surface area contributed by atoms with Crippen LogP contribution >= 0.6 is 0 Å². The molecule has 4 nitrogen and oxygen atoms in total. The predicted molar refractivity (Wildman–Crippen MR) is 89.0 cm³/mol. The second-order valence-corrected chi connectivity index (χ2v) is 6.45. The zero-order chi connectivity index (χ0) is 17.8. The number of carbonyl (C=O) groups is 1. The first-order valence-corrected chi connectivity index (χ1v) is 8.37. The number of aromatic nitrogens is 1. The highest BCUT2D eigenvalue weighted by molar-refractivity contribution is 5.78. The van der Waals surface area contributed by atoms with Crippen LogP contribution in [-0.4, -0.2) is 34.0 Å². The number of hydrogen-bond donors (Lipinski definition) is 1. The standard InChI is InChI=1S/C19H20F2N2O2/c20-15-1-4-18(21)14(10-15)9-13-5-7-23(8-6-13)19(25)11-16-2-3-17(24)12-22-16/h1-4,10,12-13,24H,5-9,11H2. The van der Waals surface area contributed by atoms with Gasteiger partial charge in [0.2, 0.25) is 5.91 Å². The van der Waals surface area contributed by atoms with Crippen molar-refractivity contribution in [2.45, 2.75) is 25.7 Å². The Morgan fingerprint density at radius 1 is 1.20 bits per heavy atom. The van der Waals surface area contributed by atoms with E-state index in [1.165, 1.54) is 18.3 Å². The molecule has 1 aliphatic rings. The Labute approximate surface area is 145 Å². The lowest BCUT2D eigenvalue weighted by Gasteiger charge is -2.32. The molecule has 0 radical (unpaired) electrons. The Bertz CT molecular complexity index is 742. The van der Waals surface area contributed by atoms with E-state index >= 15 is 0 Å². The Kier molecular flexibility index (Phi) is 5.26. The molecule has 2 aromatic rings. The van der Waals surface area contributed by atoms with Crippen LogP contribution in [0.3, 0.4) is 0 Å². The SMILES string of the molecule is O=C(Cc1ccc(O)cn1)N1CCC(Cc2cc(F)ccc2F)CC1. The maximum atomic E-state index is 13.7. The molecule has 0 spiro atoms. The van der Waals surface area contributed by atoms with Crippen molar-refractivity contribution in [2.75, 3.05) is 13.1 Å². The topological polar surface area (TPSA) is 53.4 Å². The third-order valence-electron chi connectivity index (χ3n) is 4.63. The van der Waals surface area contributed by atoms with Gasteiger partial charge in [0.25, 0.3) is 0 Å². The maximum Gasteiger partial charge on any atom is 0.228 e. The number of rotatable bonds is 4. The van der Waals surface area contributed by atoms with Crippen LogP contribution in [0, 0.1) is 17.6 Å². The molecule has 3 rings (SSSR count). The number of hydrogen-bond acceptors (Lipinski definition) is 3. The molecule has 1 aromatic carbocycles. The molecular weight excluding hydrogens is 326 g/mol. The van der Waals surface area contributed by atoms with Gasteiger partial charge in [-0.05, 0) is 61.1 Å². The second kappa shape index (κ2) is 7.59. The minimum atomic E-state index is -0.426. The van der Waals surface area contributed by atoms with E-state index in [0.717, 1.165) is 25.0 Å². The fourth-order valence-corrected chi connectivity index (χ4v) is 3.19. The molecule has 1 aliphatic heterocycles. The molecule has 0 aliphatic carbocycles. The zero-order valence-corrected chi connectivity index (χ0v) is 13.8. The molecule has 0 atom stereocenters. The summed E-state index contributed by atoms with van der Waals surface area (Å²) < 4.78 is 27.0. The highest BCUT2D eigenvalue weighted by Gasteiger charge is 2.24. The summed E-state index contributed by atoms with van der Waals surface area (Å²) in [7, 11) is 0. The minimum Gasteiger partial charge on any atom is -0.506 e. The van der Waals surface area contributed by atoms with Gasteiger partial charge in [0.05, 0.1) is 12.6 Å². The van der Waals surface area contributed by atoms with Crippen molar-refractivity contribution in [1.82, 2.24) is 9.88 Å². The lowest BCUT2D eigenvalue weighted by Crippen LogP contribution is -2.39. The van der Waals surface area contributed by atoms with Crippen molar-refractivity contribution < 1.29 is 18.7 Å². The molecule has 6 heteroatoms. The van der Waals surface area contributed by atoms with E-state index in [1.807, 2.05) is 0 Å². The quantitative estimate of drug-likeness (QED) is 0.926. The first-order valence-electron chi connectivity index (χ1n) is 8.37. The number of aromatic hydroxyl groups is 1. The Morgan fingerprint density at radius 3 is 2.64 bits per heavy atom. The molecule has 1 fully saturated rings. The number of amides is 1. The average molecular weight is 346 g/mol. The molecule has 1 amide bonds. The van der Waals surface area contributed by atoms with Crippen molar-refractivity contribution in [3.8, 4) is 5.75 Å². The van der Waals surface area contributed by atoms with Gasteiger partial charge in [-0.2, -0.15) is 0 Å². The van der Waals surface area contributed by atoms with Gasteiger partial charge in [-0.15, -0.1) is 0 Å². The van der Waals surface area contributed by atoms with E-state index in [4.69, 9.17) is 0 Å². The van der Waals surface area contributed by atoms with Gasteiger partial charge in [0, 0.05) is 18.8 Å². The van der Waals surface area contributed by atoms with E-state index in [0.29, 0.717) is 30.8 Å². The highest BCUT2D eigenvalue weighted by Crippen LogP contribution is 2.24. The molecule has 2 heterocycles. The van der Waals surface area contributed by atoms with Crippen LogP contribution in [0.2, 0.25) is 0 Å². The largest absolute Gasteiger partial charge is 0.506 e. The summed E-state index contributed by atoms with van der Waals surface area (Å²) >= 11 is 0. The lowest BCUT2D eigenvalue weighted by atomic mass is 9.90. The smallest absolute Gasteiger partial charge is 0.228 e. The molecule has 0 bridgehead atoms. The fraction of sp³-hybridized carbons (Fsp3) is 0.368. The number of pyridine rings is 1. The molecule has 0 unspecified atom stereocenters. The number of halogens is 2. The van der Waals surface area contributed by atoms with Crippen LogP contribution in [0.1, 0.15) is 24.1 Å². The van der Waals surface area contributed by atoms with Gasteiger partial charge in [-0.25, -0.2) is 8.78 Å². The van der Waals surface area contributed by atoms with Gasteiger partial charge >= 0.3 is 0 Å². The van der Waals surface area contributed by atoms with Crippen LogP contribution in [0.4, 0.5) is 8.78 Å². The van der Waals surface area contributed by atoms with Crippen molar-refractivity contribution in [1.29, 1.82) is 0 Å². The number of nitrogens with zero attached hydrogens (tertiary/aromatic N) is 2. The van der Waals surface area contributed by atoms with Crippen molar-refractivity contribution in [3.05, 3.63) is 59.4 Å². The average Bonchev–Trinajstić information content (AvgIpc) is 2.61. The van der Waals surface area contributed by atoms with Crippen LogP contribution in [-0.2, 0) is 17.6 Å². The number of benzene rings is 1. The number of piperidine rings is 1. The molecular formula is C19H20F2N2O2. The summed E-state index contributed by atoms with van der Waals surface area (Å²) in [6.45, 7) is 1.22. The second-order valence-electron chi connectivity index (χ2n) is 6.45. The summed E-state index contributed by atoms with van der Waals surface area (Å²) in [5.41, 5.74) is 1.02. The van der Waals surface area contributed by atoms with E-state index < -0.39 is 5.82 Å². The predicted octanol–water partition coefficient (Wildman–Crippen LogP) is 3.09. The Morgan fingerprint density at radius 2 is 1.96 bits per heavy atom. The fourth-order valence-electron chi connectivity index (χ4n) is 3.19. The van der Waals surface area contributed by atoms with Crippen LogP contribution in [0.25, 0.3) is 0 Å². The van der Waals surface area contributed by atoms with Crippen LogP contribution < -0.4 is 0 Å². The summed E-state index contributed by atoms with van der Waals surface area (Å²) in [5, 5.41) is 9.22. The summed E-state index contributed by atoms with van der Waals surface area (Å²) in [4.78, 5) is 18.1. The van der Waals surface area contributed by atoms with Gasteiger partial charge < -0.3 is 10.0 Å². The first kappa shape index (κ1) is 17.3. The van der Waals surface area contributed by atoms with E-state index in [9.17, 15) is 18.7 Å².